The second kappa shape index (κ2) is 17.9. The van der Waals surface area contributed by atoms with E-state index in [9.17, 15) is 32.3 Å². The maximum absolute atomic E-state index is 13.5. The molecule has 1 heterocycles. The Hall–Kier alpha value is -4.04. The summed E-state index contributed by atoms with van der Waals surface area (Å²) in [5.41, 5.74) is 11.1. The van der Waals surface area contributed by atoms with Gasteiger partial charge in [-0.05, 0) is 55.3 Å². The molecule has 0 fully saturated rings. The van der Waals surface area contributed by atoms with Gasteiger partial charge in [-0.3, -0.25) is 24.2 Å². The fourth-order valence-electron chi connectivity index (χ4n) is 4.33. The Bertz CT molecular complexity index is 1210. The van der Waals surface area contributed by atoms with E-state index in [4.69, 9.17) is 11.5 Å². The van der Waals surface area contributed by atoms with Crippen molar-refractivity contribution in [2.75, 3.05) is 13.1 Å². The standard InChI is InChI=1S/C30H42F3N7O4/c1-19(2)14-23(40-29(44)24(38-26(41)16-35)15-20-8-4-3-5-9-20)28(43)39-22(10-6-7-13-34)27(42)37-18-21-11-12-25(36-17-21)30(31,32)33/h3-5,8-9,11-12,17,19,22-24H,6-7,10,13-16,18,34-35H2,1-2H3,(H,37,42)(H,38,41)(H,39,43)(H,40,44)/t22-,23-,24-/m1/s1. The fourth-order valence-corrected chi connectivity index (χ4v) is 4.33. The Labute approximate surface area is 255 Å². The van der Waals surface area contributed by atoms with Crippen LogP contribution in [0.4, 0.5) is 13.2 Å². The van der Waals surface area contributed by atoms with Gasteiger partial charge in [-0.2, -0.15) is 13.2 Å². The van der Waals surface area contributed by atoms with Crippen LogP contribution in [-0.4, -0.2) is 59.8 Å². The smallest absolute Gasteiger partial charge is 0.350 e. The molecule has 0 saturated carbocycles. The Morgan fingerprint density at radius 3 is 2.05 bits per heavy atom. The third kappa shape index (κ3) is 12.7. The van der Waals surface area contributed by atoms with E-state index in [1.165, 1.54) is 6.07 Å². The molecular formula is C30H42F3N7O4. The third-order valence-electron chi connectivity index (χ3n) is 6.62. The summed E-state index contributed by atoms with van der Waals surface area (Å²) in [5.74, 6) is -2.29. The highest BCUT2D eigenvalue weighted by Crippen LogP contribution is 2.27. The minimum absolute atomic E-state index is 0.0195. The number of rotatable bonds is 17. The molecule has 0 bridgehead atoms. The van der Waals surface area contributed by atoms with E-state index >= 15 is 0 Å². The lowest BCUT2D eigenvalue weighted by Crippen LogP contribution is -2.57. The predicted octanol–water partition coefficient (Wildman–Crippen LogP) is 1.55. The zero-order chi connectivity index (χ0) is 32.7. The summed E-state index contributed by atoms with van der Waals surface area (Å²) in [5, 5.41) is 10.7. The van der Waals surface area contributed by atoms with Crippen LogP contribution in [-0.2, 0) is 38.3 Å². The molecule has 2 aromatic rings. The minimum atomic E-state index is -4.58. The highest BCUT2D eigenvalue weighted by molar-refractivity contribution is 5.94. The first-order chi connectivity index (χ1) is 20.8. The number of nitrogens with two attached hydrogens (primary N) is 2. The molecule has 44 heavy (non-hydrogen) atoms. The van der Waals surface area contributed by atoms with E-state index in [-0.39, 0.29) is 38.3 Å². The normalized spacial score (nSPS) is 13.5. The number of alkyl halides is 3. The van der Waals surface area contributed by atoms with Crippen LogP contribution in [0.2, 0.25) is 0 Å². The SMILES string of the molecule is CC(C)C[C@@H](NC(=O)[C@@H](Cc1ccccc1)NC(=O)CN)C(=O)N[C@H](CCCCN)C(=O)NCc1ccc(C(F)(F)F)nc1. The molecule has 0 saturated heterocycles. The summed E-state index contributed by atoms with van der Waals surface area (Å²) in [6, 6.07) is 8.03. The van der Waals surface area contributed by atoms with Crippen LogP contribution in [0, 0.1) is 5.92 Å². The Balaban J connectivity index is 2.16. The maximum atomic E-state index is 13.5. The molecular weight excluding hydrogens is 579 g/mol. The van der Waals surface area contributed by atoms with Crippen molar-refractivity contribution in [2.45, 2.75) is 76.8 Å². The van der Waals surface area contributed by atoms with Crippen LogP contribution < -0.4 is 32.7 Å². The molecule has 11 nitrogen and oxygen atoms in total. The van der Waals surface area contributed by atoms with Gasteiger partial charge in [0.15, 0.2) is 0 Å². The van der Waals surface area contributed by atoms with Crippen molar-refractivity contribution in [3.63, 3.8) is 0 Å². The van der Waals surface area contributed by atoms with Gasteiger partial charge >= 0.3 is 6.18 Å². The van der Waals surface area contributed by atoms with Gasteiger partial charge < -0.3 is 32.7 Å². The van der Waals surface area contributed by atoms with Gasteiger partial charge in [0.2, 0.25) is 23.6 Å². The highest BCUT2D eigenvalue weighted by Gasteiger charge is 2.32. The molecule has 2 rings (SSSR count). The van der Waals surface area contributed by atoms with E-state index in [1.54, 1.807) is 24.3 Å². The molecule has 1 aromatic heterocycles. The molecule has 242 valence electrons. The largest absolute Gasteiger partial charge is 0.433 e. The number of carbonyl (C=O) groups is 4. The summed E-state index contributed by atoms with van der Waals surface area (Å²) < 4.78 is 38.4. The van der Waals surface area contributed by atoms with E-state index in [2.05, 4.69) is 26.3 Å². The van der Waals surface area contributed by atoms with E-state index in [0.717, 1.165) is 17.8 Å². The zero-order valence-electron chi connectivity index (χ0n) is 25.0. The van der Waals surface area contributed by atoms with E-state index < -0.39 is 53.6 Å². The van der Waals surface area contributed by atoms with Crippen molar-refractivity contribution in [3.05, 3.63) is 65.5 Å². The Morgan fingerprint density at radius 1 is 0.818 bits per heavy atom. The second-order valence-electron chi connectivity index (χ2n) is 10.8. The van der Waals surface area contributed by atoms with Crippen LogP contribution in [0.25, 0.3) is 0 Å². The average Bonchev–Trinajstić information content (AvgIpc) is 2.98. The summed E-state index contributed by atoms with van der Waals surface area (Å²) in [4.78, 5) is 55.4. The Kier molecular flexibility index (Phi) is 14.7. The third-order valence-corrected chi connectivity index (χ3v) is 6.62. The van der Waals surface area contributed by atoms with Crippen LogP contribution >= 0.6 is 0 Å². The maximum Gasteiger partial charge on any atom is 0.433 e. The number of benzene rings is 1. The quantitative estimate of drug-likeness (QED) is 0.145. The lowest BCUT2D eigenvalue weighted by Gasteiger charge is -2.26. The monoisotopic (exact) mass is 621 g/mol. The molecule has 0 aliphatic carbocycles. The Morgan fingerprint density at radius 2 is 1.48 bits per heavy atom. The number of hydrogen-bond acceptors (Lipinski definition) is 7. The van der Waals surface area contributed by atoms with Gasteiger partial charge in [-0.1, -0.05) is 50.2 Å². The number of aromatic nitrogens is 1. The summed E-state index contributed by atoms with van der Waals surface area (Å²) >= 11 is 0. The van der Waals surface area contributed by atoms with Crippen LogP contribution in [0.1, 0.15) is 56.4 Å². The molecule has 0 unspecified atom stereocenters. The van der Waals surface area contributed by atoms with Crippen molar-refractivity contribution < 1.29 is 32.3 Å². The molecule has 8 N–H and O–H groups in total. The number of pyridine rings is 1. The predicted molar refractivity (Wildman–Crippen MR) is 158 cm³/mol. The average molecular weight is 622 g/mol. The fraction of sp³-hybridized carbons (Fsp3) is 0.500. The van der Waals surface area contributed by atoms with Crippen LogP contribution in [0.15, 0.2) is 48.7 Å². The lowest BCUT2D eigenvalue weighted by atomic mass is 10.00. The van der Waals surface area contributed by atoms with Gasteiger partial charge in [-0.15, -0.1) is 0 Å². The van der Waals surface area contributed by atoms with Gasteiger partial charge in [0.1, 0.15) is 23.8 Å². The number of halogens is 3. The second-order valence-corrected chi connectivity index (χ2v) is 10.8. The molecule has 14 heteroatoms. The minimum Gasteiger partial charge on any atom is -0.350 e. The van der Waals surface area contributed by atoms with E-state index in [1.807, 2.05) is 19.9 Å². The van der Waals surface area contributed by atoms with Gasteiger partial charge in [0.25, 0.3) is 0 Å². The lowest BCUT2D eigenvalue weighted by molar-refractivity contribution is -0.141. The first-order valence-corrected chi connectivity index (χ1v) is 14.5. The van der Waals surface area contributed by atoms with Gasteiger partial charge in [-0.25, -0.2) is 0 Å². The van der Waals surface area contributed by atoms with Gasteiger partial charge in [0.05, 0.1) is 6.54 Å². The molecule has 4 amide bonds. The molecule has 0 spiro atoms. The highest BCUT2D eigenvalue weighted by atomic mass is 19.4. The number of nitrogens with zero attached hydrogens (tertiary/aromatic N) is 1. The van der Waals surface area contributed by atoms with E-state index in [0.29, 0.717) is 24.9 Å². The molecule has 0 aliphatic heterocycles. The number of hydrogen-bond donors (Lipinski definition) is 6. The molecule has 3 atom stereocenters. The van der Waals surface area contributed by atoms with Crippen molar-refractivity contribution >= 4 is 23.6 Å². The number of nitrogens with one attached hydrogen (secondary N) is 4. The summed E-state index contributed by atoms with van der Waals surface area (Å²) in [6.07, 6.45) is -1.80. The van der Waals surface area contributed by atoms with Crippen molar-refractivity contribution in [3.8, 4) is 0 Å². The molecule has 0 aliphatic rings. The van der Waals surface area contributed by atoms with Crippen molar-refractivity contribution in [2.24, 2.45) is 17.4 Å². The van der Waals surface area contributed by atoms with Crippen molar-refractivity contribution in [1.82, 2.24) is 26.3 Å². The first-order valence-electron chi connectivity index (χ1n) is 14.5. The first kappa shape index (κ1) is 36.2. The zero-order valence-corrected chi connectivity index (χ0v) is 25.0. The van der Waals surface area contributed by atoms with Crippen molar-refractivity contribution in [1.29, 1.82) is 0 Å². The summed E-state index contributed by atoms with van der Waals surface area (Å²) in [7, 11) is 0. The topological polar surface area (TPSA) is 181 Å². The molecule has 0 radical (unpaired) electrons. The molecule has 1 aromatic carbocycles. The number of amides is 4. The number of unbranched alkanes of at least 4 members (excludes halogenated alkanes) is 1. The summed E-state index contributed by atoms with van der Waals surface area (Å²) in [6.45, 7) is 3.68. The van der Waals surface area contributed by atoms with Crippen LogP contribution in [0.5, 0.6) is 0 Å². The van der Waals surface area contributed by atoms with Gasteiger partial charge in [0, 0.05) is 19.2 Å². The number of carbonyl (C=O) groups excluding carboxylic acids is 4. The van der Waals surface area contributed by atoms with Crippen LogP contribution in [0.3, 0.4) is 0 Å².